The molecule has 31 heavy (non-hydrogen) atoms. The van der Waals surface area contributed by atoms with Crippen molar-refractivity contribution in [3.63, 3.8) is 0 Å². The van der Waals surface area contributed by atoms with Crippen LogP contribution in [-0.4, -0.2) is 87.4 Å². The lowest BCUT2D eigenvalue weighted by Gasteiger charge is -2.26. The van der Waals surface area contributed by atoms with E-state index in [1.165, 1.54) is 17.5 Å². The highest BCUT2D eigenvalue weighted by Gasteiger charge is 2.29. The van der Waals surface area contributed by atoms with Gasteiger partial charge in [0.05, 0.1) is 45.2 Å². The fourth-order valence-electron chi connectivity index (χ4n) is 3.20. The second kappa shape index (κ2) is 10.2. The number of benzene rings is 1. The molecule has 0 aliphatic carbocycles. The molecule has 1 aliphatic rings. The summed E-state index contributed by atoms with van der Waals surface area (Å²) in [6.07, 6.45) is 3.39. The molecule has 0 atom stereocenters. The third-order valence-electron chi connectivity index (χ3n) is 4.87. The van der Waals surface area contributed by atoms with Crippen LogP contribution in [0.3, 0.4) is 0 Å². The van der Waals surface area contributed by atoms with Crippen LogP contribution in [0.5, 0.6) is 5.75 Å². The molecular weight excluding hydrogens is 422 g/mol. The van der Waals surface area contributed by atoms with Gasteiger partial charge in [0.2, 0.25) is 15.9 Å². The summed E-state index contributed by atoms with van der Waals surface area (Å²) in [7, 11) is 1.63. The fourth-order valence-corrected chi connectivity index (χ4v) is 4.82. The smallest absolute Gasteiger partial charge is 0.246 e. The van der Waals surface area contributed by atoms with Crippen molar-refractivity contribution >= 4 is 21.6 Å². The van der Waals surface area contributed by atoms with Crippen LogP contribution in [0.1, 0.15) is 5.56 Å². The molecule has 0 bridgehead atoms. The first-order valence-corrected chi connectivity index (χ1v) is 11.5. The highest BCUT2D eigenvalue weighted by molar-refractivity contribution is 7.89. The molecule has 10 nitrogen and oxygen atoms in total. The fraction of sp³-hybridized carbons (Fsp3) is 0.500. The Kier molecular flexibility index (Phi) is 7.65. The average Bonchev–Trinajstić information content (AvgIpc) is 3.20. The van der Waals surface area contributed by atoms with Gasteiger partial charge in [-0.05, 0) is 31.8 Å². The number of hydrogen-bond donors (Lipinski definition) is 1. The van der Waals surface area contributed by atoms with Gasteiger partial charge in [0, 0.05) is 25.8 Å². The number of amides is 1. The summed E-state index contributed by atoms with van der Waals surface area (Å²) in [4.78, 5) is 14.6. The number of hydrogen-bond acceptors (Lipinski definition) is 7. The van der Waals surface area contributed by atoms with Gasteiger partial charge in [-0.2, -0.15) is 9.40 Å². The number of methoxy groups -OCH3 is 1. The Balaban J connectivity index is 1.70. The summed E-state index contributed by atoms with van der Waals surface area (Å²) in [6, 6.07) is 4.77. The van der Waals surface area contributed by atoms with Crippen molar-refractivity contribution in [2.24, 2.45) is 0 Å². The molecule has 0 unspecified atom stereocenters. The molecular formula is C20H29N5O5S. The number of morpholine rings is 1. The third kappa shape index (κ3) is 6.03. The molecule has 0 radical (unpaired) electrons. The van der Waals surface area contributed by atoms with Gasteiger partial charge in [0.1, 0.15) is 10.6 Å². The number of rotatable bonds is 9. The van der Waals surface area contributed by atoms with Crippen LogP contribution in [0.4, 0.5) is 5.69 Å². The Labute approximate surface area is 182 Å². The summed E-state index contributed by atoms with van der Waals surface area (Å²) < 4.78 is 39.8. The van der Waals surface area contributed by atoms with Crippen molar-refractivity contribution in [1.29, 1.82) is 0 Å². The van der Waals surface area contributed by atoms with Crippen LogP contribution in [0.25, 0.3) is 0 Å². The molecule has 3 rings (SSSR count). The van der Waals surface area contributed by atoms with Crippen LogP contribution in [0.15, 0.2) is 35.5 Å². The number of carbonyl (C=O) groups excluding carboxylic acids is 1. The van der Waals surface area contributed by atoms with Gasteiger partial charge in [-0.25, -0.2) is 8.42 Å². The van der Waals surface area contributed by atoms with Crippen LogP contribution in [0, 0.1) is 0 Å². The Hall–Kier alpha value is -2.47. The largest absolute Gasteiger partial charge is 0.495 e. The number of likely N-dealkylation sites (N-methyl/N-ethyl adjacent to an activating group) is 1. The van der Waals surface area contributed by atoms with E-state index in [1.807, 2.05) is 19.0 Å². The van der Waals surface area contributed by atoms with Crippen LogP contribution < -0.4 is 10.1 Å². The first-order chi connectivity index (χ1) is 14.8. The Morgan fingerprint density at radius 1 is 1.29 bits per heavy atom. The predicted molar refractivity (Wildman–Crippen MR) is 116 cm³/mol. The van der Waals surface area contributed by atoms with Crippen molar-refractivity contribution in [2.45, 2.75) is 17.9 Å². The maximum Gasteiger partial charge on any atom is 0.246 e. The van der Waals surface area contributed by atoms with Gasteiger partial charge < -0.3 is 19.7 Å². The lowest BCUT2D eigenvalue weighted by molar-refractivity contribution is -0.115. The second-order valence-electron chi connectivity index (χ2n) is 7.52. The maximum atomic E-state index is 13.1. The van der Waals surface area contributed by atoms with Crippen molar-refractivity contribution in [3.05, 3.63) is 36.2 Å². The zero-order valence-electron chi connectivity index (χ0n) is 18.1. The van der Waals surface area contributed by atoms with Gasteiger partial charge in [-0.3, -0.25) is 9.48 Å². The molecule has 1 amide bonds. The van der Waals surface area contributed by atoms with E-state index in [9.17, 15) is 13.2 Å². The number of anilines is 1. The van der Waals surface area contributed by atoms with E-state index in [0.29, 0.717) is 31.0 Å². The zero-order chi connectivity index (χ0) is 22.4. The summed E-state index contributed by atoms with van der Waals surface area (Å²) in [5.74, 6) is -0.00938. The molecule has 1 aliphatic heterocycles. The number of nitrogens with one attached hydrogen (secondary N) is 1. The van der Waals surface area contributed by atoms with Crippen molar-refractivity contribution in [1.82, 2.24) is 19.0 Å². The zero-order valence-corrected chi connectivity index (χ0v) is 18.9. The Bertz CT molecular complexity index is 999. The molecule has 2 heterocycles. The van der Waals surface area contributed by atoms with Crippen molar-refractivity contribution in [3.8, 4) is 5.75 Å². The minimum atomic E-state index is -3.75. The van der Waals surface area contributed by atoms with Gasteiger partial charge in [-0.1, -0.05) is 6.07 Å². The van der Waals surface area contributed by atoms with Crippen LogP contribution >= 0.6 is 0 Å². The standard InChI is InChI=1S/C20H29N5O5S/c1-23(2)6-7-24-15-17(14-21-24)22-20(26)13-16-4-5-18(29-3)19(12-16)31(27,28)25-8-10-30-11-9-25/h4-5,12,14-15H,6-11,13H2,1-3H3,(H,22,26). The number of aromatic nitrogens is 2. The molecule has 1 N–H and O–H groups in total. The van der Waals surface area contributed by atoms with E-state index in [4.69, 9.17) is 9.47 Å². The normalized spacial score (nSPS) is 15.2. The molecule has 1 aromatic heterocycles. The third-order valence-corrected chi connectivity index (χ3v) is 6.79. The molecule has 0 spiro atoms. The van der Waals surface area contributed by atoms with Gasteiger partial charge in [0.25, 0.3) is 0 Å². The van der Waals surface area contributed by atoms with E-state index >= 15 is 0 Å². The van der Waals surface area contributed by atoms with E-state index in [-0.39, 0.29) is 36.1 Å². The lowest BCUT2D eigenvalue weighted by Crippen LogP contribution is -2.40. The number of ether oxygens (including phenoxy) is 2. The Morgan fingerprint density at radius 3 is 2.71 bits per heavy atom. The summed E-state index contributed by atoms with van der Waals surface area (Å²) in [6.45, 7) is 2.82. The van der Waals surface area contributed by atoms with E-state index in [1.54, 1.807) is 29.2 Å². The molecule has 2 aromatic rings. The molecule has 170 valence electrons. The maximum absolute atomic E-state index is 13.1. The van der Waals surface area contributed by atoms with E-state index < -0.39 is 10.0 Å². The minimum absolute atomic E-state index is 0.0263. The SMILES string of the molecule is COc1ccc(CC(=O)Nc2cnn(CCN(C)C)c2)cc1S(=O)(=O)N1CCOCC1. The van der Waals surface area contributed by atoms with Gasteiger partial charge in [-0.15, -0.1) is 0 Å². The molecule has 1 saturated heterocycles. The van der Waals surface area contributed by atoms with Crippen molar-refractivity contribution < 1.29 is 22.7 Å². The summed E-state index contributed by atoms with van der Waals surface area (Å²) in [5.41, 5.74) is 1.17. The first-order valence-electron chi connectivity index (χ1n) is 10.0. The van der Waals surface area contributed by atoms with E-state index in [0.717, 1.165) is 6.54 Å². The number of nitrogens with zero attached hydrogens (tertiary/aromatic N) is 4. The molecule has 1 fully saturated rings. The van der Waals surface area contributed by atoms with Crippen LogP contribution in [-0.2, 0) is 32.5 Å². The van der Waals surface area contributed by atoms with Crippen LogP contribution in [0.2, 0.25) is 0 Å². The second-order valence-corrected chi connectivity index (χ2v) is 9.43. The number of carbonyl (C=O) groups is 1. The van der Waals surface area contributed by atoms with Gasteiger partial charge >= 0.3 is 0 Å². The molecule has 1 aromatic carbocycles. The highest BCUT2D eigenvalue weighted by Crippen LogP contribution is 2.28. The van der Waals surface area contributed by atoms with E-state index in [2.05, 4.69) is 10.4 Å². The minimum Gasteiger partial charge on any atom is -0.495 e. The monoisotopic (exact) mass is 451 g/mol. The quantitative estimate of drug-likeness (QED) is 0.597. The lowest BCUT2D eigenvalue weighted by atomic mass is 10.1. The summed E-state index contributed by atoms with van der Waals surface area (Å²) >= 11 is 0. The Morgan fingerprint density at radius 2 is 2.03 bits per heavy atom. The van der Waals surface area contributed by atoms with Gasteiger partial charge in [0.15, 0.2) is 0 Å². The average molecular weight is 452 g/mol. The highest BCUT2D eigenvalue weighted by atomic mass is 32.2. The molecule has 11 heteroatoms. The summed E-state index contributed by atoms with van der Waals surface area (Å²) in [5, 5.41) is 7.04. The van der Waals surface area contributed by atoms with Crippen molar-refractivity contribution in [2.75, 3.05) is 59.4 Å². The first kappa shape index (κ1) is 23.2. The predicted octanol–water partition coefficient (Wildman–Crippen LogP) is 0.655. The number of sulfonamides is 1. The molecule has 0 saturated carbocycles. The topological polar surface area (TPSA) is 106 Å².